The first kappa shape index (κ1) is 26.4. The van der Waals surface area contributed by atoms with Gasteiger partial charge in [-0.2, -0.15) is 0 Å². The normalized spacial score (nSPS) is 16.9. The molecular formula is C30H32FN5O3. The van der Waals surface area contributed by atoms with Crippen LogP contribution in [-0.4, -0.2) is 47.8 Å². The van der Waals surface area contributed by atoms with Crippen molar-refractivity contribution in [3.8, 4) is 11.1 Å². The summed E-state index contributed by atoms with van der Waals surface area (Å²) in [6.07, 6.45) is 3.35. The molecular weight excluding hydrogens is 497 g/mol. The highest BCUT2D eigenvalue weighted by atomic mass is 19.1. The first-order chi connectivity index (χ1) is 18.9. The molecule has 0 bridgehead atoms. The van der Waals surface area contributed by atoms with Gasteiger partial charge in [0, 0.05) is 24.2 Å². The van der Waals surface area contributed by atoms with E-state index < -0.39 is 5.54 Å². The van der Waals surface area contributed by atoms with Gasteiger partial charge in [-0.3, -0.25) is 14.4 Å². The van der Waals surface area contributed by atoms with Crippen LogP contribution in [0, 0.1) is 5.82 Å². The summed E-state index contributed by atoms with van der Waals surface area (Å²) in [6.45, 7) is 1.93. The number of nitrogen functional groups attached to an aromatic ring is 1. The predicted octanol–water partition coefficient (Wildman–Crippen LogP) is 4.40. The molecule has 0 aliphatic carbocycles. The van der Waals surface area contributed by atoms with Crippen molar-refractivity contribution in [1.29, 1.82) is 0 Å². The minimum atomic E-state index is -0.869. The second-order valence-electron chi connectivity index (χ2n) is 10.1. The molecule has 0 unspecified atom stereocenters. The quantitative estimate of drug-likeness (QED) is 0.353. The molecule has 2 aliphatic heterocycles. The zero-order chi connectivity index (χ0) is 27.4. The van der Waals surface area contributed by atoms with Gasteiger partial charge in [0.1, 0.15) is 11.4 Å². The van der Waals surface area contributed by atoms with Crippen molar-refractivity contribution in [3.63, 3.8) is 0 Å². The molecule has 5 rings (SSSR count). The molecule has 0 aromatic heterocycles. The molecule has 0 spiro atoms. The number of benzene rings is 3. The lowest BCUT2D eigenvalue weighted by atomic mass is 9.83. The number of piperidine rings is 2. The van der Waals surface area contributed by atoms with Crippen LogP contribution >= 0.6 is 0 Å². The number of nitrogens with two attached hydrogens (primary N) is 1. The number of amides is 3. The number of hydrogen-bond donors (Lipinski definition) is 4. The Balaban J connectivity index is 1.28. The number of hydrogen-bond acceptors (Lipinski definition) is 5. The molecule has 9 heteroatoms. The van der Waals surface area contributed by atoms with Crippen LogP contribution in [0.4, 0.5) is 21.5 Å². The molecule has 0 radical (unpaired) electrons. The van der Waals surface area contributed by atoms with Crippen LogP contribution in [0.3, 0.4) is 0 Å². The molecule has 3 aromatic carbocycles. The molecule has 0 saturated carbocycles. The van der Waals surface area contributed by atoms with E-state index in [0.717, 1.165) is 24.0 Å². The first-order valence-electron chi connectivity index (χ1n) is 13.3. The minimum Gasteiger partial charge on any atom is -0.397 e. The van der Waals surface area contributed by atoms with E-state index in [4.69, 9.17) is 5.73 Å². The molecule has 39 heavy (non-hydrogen) atoms. The summed E-state index contributed by atoms with van der Waals surface area (Å²) in [6, 6.07) is 17.9. The average Bonchev–Trinajstić information content (AvgIpc) is 2.95. The van der Waals surface area contributed by atoms with Gasteiger partial charge in [-0.1, -0.05) is 18.2 Å². The van der Waals surface area contributed by atoms with E-state index in [1.807, 2.05) is 6.07 Å². The number of nitrogens with one attached hydrogen (secondary N) is 3. The molecule has 5 N–H and O–H groups in total. The highest BCUT2D eigenvalue weighted by molar-refractivity contribution is 6.07. The van der Waals surface area contributed by atoms with Crippen molar-refractivity contribution in [2.75, 3.05) is 36.0 Å². The Kier molecular flexibility index (Phi) is 7.60. The van der Waals surface area contributed by atoms with Gasteiger partial charge < -0.3 is 26.6 Å². The number of nitrogens with zero attached hydrogens (tertiary/aromatic N) is 1. The summed E-state index contributed by atoms with van der Waals surface area (Å²) >= 11 is 0. The van der Waals surface area contributed by atoms with E-state index in [9.17, 15) is 18.8 Å². The van der Waals surface area contributed by atoms with Gasteiger partial charge in [0.25, 0.3) is 5.91 Å². The molecule has 2 aliphatic rings. The fourth-order valence-corrected chi connectivity index (χ4v) is 5.35. The second-order valence-corrected chi connectivity index (χ2v) is 10.1. The Morgan fingerprint density at radius 3 is 2.28 bits per heavy atom. The number of anilines is 3. The van der Waals surface area contributed by atoms with E-state index in [1.165, 1.54) is 12.1 Å². The Hall–Kier alpha value is -4.24. The van der Waals surface area contributed by atoms with E-state index in [2.05, 4.69) is 16.0 Å². The third kappa shape index (κ3) is 5.63. The molecule has 3 amide bonds. The number of carbonyl (C=O) groups is 3. The van der Waals surface area contributed by atoms with Crippen LogP contribution in [0.5, 0.6) is 0 Å². The zero-order valence-corrected chi connectivity index (χ0v) is 21.6. The molecule has 2 fully saturated rings. The largest absolute Gasteiger partial charge is 0.397 e. The number of likely N-dealkylation sites (tertiary alicyclic amines) is 1. The van der Waals surface area contributed by atoms with Crippen molar-refractivity contribution in [3.05, 3.63) is 78.1 Å². The SMILES string of the molecule is Nc1ccc(-c2ccc(F)cc2)cc1NC(=O)c1ccc(NC(=O)C2(N3CCCCC3=O)CCNCC2)cc1. The van der Waals surface area contributed by atoms with Crippen LogP contribution in [-0.2, 0) is 9.59 Å². The lowest BCUT2D eigenvalue weighted by molar-refractivity contribution is -0.149. The lowest BCUT2D eigenvalue weighted by Gasteiger charge is -2.46. The summed E-state index contributed by atoms with van der Waals surface area (Å²) < 4.78 is 13.3. The van der Waals surface area contributed by atoms with E-state index in [1.54, 1.807) is 53.4 Å². The summed E-state index contributed by atoms with van der Waals surface area (Å²) in [5, 5.41) is 9.11. The highest BCUT2D eigenvalue weighted by Gasteiger charge is 2.47. The van der Waals surface area contributed by atoms with Crippen molar-refractivity contribution >= 4 is 34.8 Å². The molecule has 8 nitrogen and oxygen atoms in total. The van der Waals surface area contributed by atoms with Gasteiger partial charge in [-0.25, -0.2) is 4.39 Å². The van der Waals surface area contributed by atoms with Crippen LogP contribution in [0.15, 0.2) is 66.7 Å². The van der Waals surface area contributed by atoms with Crippen LogP contribution < -0.4 is 21.7 Å². The van der Waals surface area contributed by atoms with Crippen LogP contribution in [0.1, 0.15) is 42.5 Å². The summed E-state index contributed by atoms with van der Waals surface area (Å²) in [5.41, 5.74) is 8.60. The minimum absolute atomic E-state index is 0.0353. The van der Waals surface area contributed by atoms with Crippen LogP contribution in [0.25, 0.3) is 11.1 Å². The maximum Gasteiger partial charge on any atom is 0.255 e. The van der Waals surface area contributed by atoms with Gasteiger partial charge in [0.2, 0.25) is 11.8 Å². The monoisotopic (exact) mass is 529 g/mol. The van der Waals surface area contributed by atoms with Crippen molar-refractivity contribution in [1.82, 2.24) is 10.2 Å². The number of rotatable bonds is 6. The fourth-order valence-electron chi connectivity index (χ4n) is 5.35. The molecule has 3 aromatic rings. The van der Waals surface area contributed by atoms with Crippen molar-refractivity contribution in [2.24, 2.45) is 0 Å². The van der Waals surface area contributed by atoms with Gasteiger partial charge in [0.05, 0.1) is 11.4 Å². The van der Waals surface area contributed by atoms with Gasteiger partial charge in [-0.15, -0.1) is 0 Å². The van der Waals surface area contributed by atoms with Crippen molar-refractivity contribution in [2.45, 2.75) is 37.6 Å². The standard InChI is InChI=1S/C30H32FN5O3/c31-23-9-4-20(5-10-23)22-8-13-25(32)26(19-22)35-28(38)21-6-11-24(12-7-21)34-29(39)30(14-16-33-17-15-30)36-18-2-1-3-27(36)37/h4-13,19,33H,1-3,14-18,32H2,(H,34,39)(H,35,38). The average molecular weight is 530 g/mol. The maximum atomic E-state index is 13.6. The Labute approximate surface area is 226 Å². The zero-order valence-electron chi connectivity index (χ0n) is 21.6. The topological polar surface area (TPSA) is 117 Å². The third-order valence-electron chi connectivity index (χ3n) is 7.58. The fraction of sp³-hybridized carbons (Fsp3) is 0.300. The maximum absolute atomic E-state index is 13.6. The molecule has 202 valence electrons. The Morgan fingerprint density at radius 2 is 1.59 bits per heavy atom. The summed E-state index contributed by atoms with van der Waals surface area (Å²) in [7, 11) is 0. The van der Waals surface area contributed by atoms with Crippen LogP contribution in [0.2, 0.25) is 0 Å². The highest BCUT2D eigenvalue weighted by Crippen LogP contribution is 2.32. The number of halogens is 1. The molecule has 2 heterocycles. The van der Waals surface area contributed by atoms with E-state index in [-0.39, 0.29) is 23.5 Å². The Morgan fingerprint density at radius 1 is 0.897 bits per heavy atom. The van der Waals surface area contributed by atoms with E-state index >= 15 is 0 Å². The summed E-state index contributed by atoms with van der Waals surface area (Å²) in [5.74, 6) is -0.840. The third-order valence-corrected chi connectivity index (χ3v) is 7.58. The molecule has 2 saturated heterocycles. The first-order valence-corrected chi connectivity index (χ1v) is 13.3. The van der Waals surface area contributed by atoms with Gasteiger partial charge in [0.15, 0.2) is 0 Å². The van der Waals surface area contributed by atoms with Gasteiger partial charge in [-0.05, 0) is 98.4 Å². The van der Waals surface area contributed by atoms with Gasteiger partial charge >= 0.3 is 0 Å². The predicted molar refractivity (Wildman–Crippen MR) is 150 cm³/mol. The smallest absolute Gasteiger partial charge is 0.255 e. The molecule has 0 atom stereocenters. The van der Waals surface area contributed by atoms with E-state index in [0.29, 0.717) is 61.5 Å². The Bertz CT molecular complexity index is 1370. The number of carbonyl (C=O) groups excluding carboxylic acids is 3. The second kappa shape index (κ2) is 11.2. The lowest BCUT2D eigenvalue weighted by Crippen LogP contribution is -2.64. The van der Waals surface area contributed by atoms with Crippen molar-refractivity contribution < 1.29 is 18.8 Å². The summed E-state index contributed by atoms with van der Waals surface area (Å²) in [4.78, 5) is 41.0.